The smallest absolute Gasteiger partial charge is 0.411 e. The molecule has 2 atom stereocenters. The van der Waals surface area contributed by atoms with E-state index in [1.165, 1.54) is 50.6 Å². The average Bonchev–Trinajstić information content (AvgIpc) is 3.53. The second-order valence-electron chi connectivity index (χ2n) is 11.4. The number of hydrogen-bond acceptors (Lipinski definition) is 8. The van der Waals surface area contributed by atoms with Gasteiger partial charge in [0, 0.05) is 42.1 Å². The van der Waals surface area contributed by atoms with Crippen LogP contribution < -0.4 is 20.7 Å². The first-order chi connectivity index (χ1) is 21.8. The number of halogens is 1. The van der Waals surface area contributed by atoms with E-state index in [1.54, 1.807) is 49.2 Å². The molecule has 1 aromatic heterocycles. The first-order valence-corrected chi connectivity index (χ1v) is 16.3. The zero-order chi connectivity index (χ0) is 33.3. The molecule has 2 heterocycles. The van der Waals surface area contributed by atoms with E-state index in [1.807, 2.05) is 0 Å². The number of benzene rings is 3. The van der Waals surface area contributed by atoms with Crippen LogP contribution in [0.3, 0.4) is 0 Å². The third-order valence-corrected chi connectivity index (χ3v) is 10.6. The van der Waals surface area contributed by atoms with E-state index in [4.69, 9.17) is 10.5 Å². The highest BCUT2D eigenvalue weighted by atomic mass is 32.2. The number of likely N-dealkylation sites (tertiary alicyclic amines) is 1. The van der Waals surface area contributed by atoms with Gasteiger partial charge in [-0.15, -0.1) is 0 Å². The number of pyridine rings is 1. The summed E-state index contributed by atoms with van der Waals surface area (Å²) in [6, 6.07) is 13.6. The van der Waals surface area contributed by atoms with Gasteiger partial charge in [0.25, 0.3) is 0 Å². The Kier molecular flexibility index (Phi) is 9.06. The van der Waals surface area contributed by atoms with Crippen molar-refractivity contribution in [2.45, 2.75) is 48.9 Å². The zero-order valence-corrected chi connectivity index (χ0v) is 26.7. The number of carbonyl (C=O) groups is 2. The second-order valence-corrected chi connectivity index (χ2v) is 13.9. The van der Waals surface area contributed by atoms with E-state index >= 15 is 4.39 Å². The standard InChI is InChI=1S/C33H36FN5O6S/c1-19(2)46(43,44)29-12-8-22(38(3)33(41)42)17-26(29)28-6-5-15-39(28)32(40)30(25-18-23(45-4)9-11-27(25)34)37-21-7-10-24-20(16-21)13-14-36-31(24)35/h7-14,16-19,28,30,37H,5-6,15H2,1-4H3,(H2,35,36)(H,41,42)/t28-,30+/m1/s1. The topological polar surface area (TPSA) is 155 Å². The molecule has 0 saturated carbocycles. The van der Waals surface area contributed by atoms with E-state index in [-0.39, 0.29) is 22.7 Å². The maximum atomic E-state index is 15.5. The molecular weight excluding hydrogens is 613 g/mol. The van der Waals surface area contributed by atoms with Crippen molar-refractivity contribution in [1.29, 1.82) is 0 Å². The van der Waals surface area contributed by atoms with Gasteiger partial charge in [0.05, 0.1) is 23.3 Å². The largest absolute Gasteiger partial charge is 0.497 e. The van der Waals surface area contributed by atoms with Gasteiger partial charge in [0.2, 0.25) is 5.91 Å². The van der Waals surface area contributed by atoms with Crippen molar-refractivity contribution in [1.82, 2.24) is 9.88 Å². The van der Waals surface area contributed by atoms with Crippen LogP contribution in [0.1, 0.15) is 49.9 Å². The van der Waals surface area contributed by atoms with Crippen LogP contribution in [0.4, 0.5) is 26.4 Å². The highest BCUT2D eigenvalue weighted by Crippen LogP contribution is 2.41. The number of rotatable bonds is 9. The Morgan fingerprint density at radius 2 is 1.89 bits per heavy atom. The zero-order valence-electron chi connectivity index (χ0n) is 25.9. The van der Waals surface area contributed by atoms with Crippen LogP contribution in [0, 0.1) is 5.82 Å². The Morgan fingerprint density at radius 3 is 2.59 bits per heavy atom. The number of nitrogens with zero attached hydrogens (tertiary/aromatic N) is 3. The number of nitrogens with one attached hydrogen (secondary N) is 1. The summed E-state index contributed by atoms with van der Waals surface area (Å²) in [6.45, 7) is 3.40. The lowest BCUT2D eigenvalue weighted by molar-refractivity contribution is -0.133. The highest BCUT2D eigenvalue weighted by Gasteiger charge is 2.39. The molecule has 1 saturated heterocycles. The van der Waals surface area contributed by atoms with Crippen LogP contribution in [0.5, 0.6) is 5.75 Å². The minimum absolute atomic E-state index is 0.0209. The molecule has 0 bridgehead atoms. The number of carbonyl (C=O) groups excluding carboxylic acids is 1. The van der Waals surface area contributed by atoms with Crippen LogP contribution in [-0.4, -0.2) is 61.4 Å². The number of ether oxygens (including phenoxy) is 1. The normalized spacial score (nSPS) is 15.6. The van der Waals surface area contributed by atoms with Gasteiger partial charge in [0.15, 0.2) is 9.84 Å². The Labute approximate surface area is 266 Å². The van der Waals surface area contributed by atoms with E-state index in [0.717, 1.165) is 10.3 Å². The number of sulfone groups is 1. The molecule has 242 valence electrons. The minimum Gasteiger partial charge on any atom is -0.497 e. The fourth-order valence-electron chi connectivity index (χ4n) is 5.75. The molecule has 11 nitrogen and oxygen atoms in total. The molecule has 4 N–H and O–H groups in total. The van der Waals surface area contributed by atoms with E-state index in [0.29, 0.717) is 41.0 Å². The maximum Gasteiger partial charge on any atom is 0.411 e. The van der Waals surface area contributed by atoms with Crippen LogP contribution in [0.2, 0.25) is 0 Å². The van der Waals surface area contributed by atoms with Crippen molar-refractivity contribution in [2.75, 3.05) is 36.7 Å². The Balaban J connectivity index is 1.62. The average molecular weight is 650 g/mol. The van der Waals surface area contributed by atoms with Crippen molar-refractivity contribution < 1.29 is 32.2 Å². The molecule has 5 rings (SSSR count). The maximum absolute atomic E-state index is 15.5. The van der Waals surface area contributed by atoms with Crippen molar-refractivity contribution in [3.8, 4) is 5.75 Å². The predicted molar refractivity (Wildman–Crippen MR) is 174 cm³/mol. The quantitative estimate of drug-likeness (QED) is 0.205. The molecule has 0 radical (unpaired) electrons. The number of fused-ring (bicyclic) bond motifs is 1. The first kappa shape index (κ1) is 32.5. The predicted octanol–water partition coefficient (Wildman–Crippen LogP) is 5.78. The van der Waals surface area contributed by atoms with Gasteiger partial charge in [-0.3, -0.25) is 9.69 Å². The van der Waals surface area contributed by atoms with Crippen LogP contribution in [0.25, 0.3) is 10.8 Å². The molecular formula is C33H36FN5O6S. The molecule has 0 spiro atoms. The Hall–Kier alpha value is -4.91. The van der Waals surface area contributed by atoms with Gasteiger partial charge in [-0.05, 0) is 98.3 Å². The summed E-state index contributed by atoms with van der Waals surface area (Å²) in [7, 11) is -1.03. The second kappa shape index (κ2) is 12.8. The summed E-state index contributed by atoms with van der Waals surface area (Å²) in [5.41, 5.74) is 7.14. The molecule has 4 aromatic rings. The number of nitrogen functional groups attached to an aromatic ring is 1. The van der Waals surface area contributed by atoms with E-state index in [9.17, 15) is 23.1 Å². The van der Waals surface area contributed by atoms with Gasteiger partial charge < -0.3 is 25.8 Å². The van der Waals surface area contributed by atoms with E-state index < -0.39 is 45.0 Å². The molecule has 1 aliphatic rings. The third-order valence-electron chi connectivity index (χ3n) is 8.36. The van der Waals surface area contributed by atoms with Gasteiger partial charge in [0.1, 0.15) is 23.4 Å². The van der Waals surface area contributed by atoms with Gasteiger partial charge in [-0.2, -0.15) is 0 Å². The molecule has 3 aromatic carbocycles. The first-order valence-electron chi connectivity index (χ1n) is 14.7. The van der Waals surface area contributed by atoms with E-state index in [2.05, 4.69) is 10.3 Å². The van der Waals surface area contributed by atoms with Gasteiger partial charge in [-0.1, -0.05) is 0 Å². The van der Waals surface area contributed by atoms with Gasteiger partial charge >= 0.3 is 6.09 Å². The highest BCUT2D eigenvalue weighted by molar-refractivity contribution is 7.92. The lowest BCUT2D eigenvalue weighted by Crippen LogP contribution is -2.38. The van der Waals surface area contributed by atoms with Crippen LogP contribution >= 0.6 is 0 Å². The van der Waals surface area contributed by atoms with Gasteiger partial charge in [-0.25, -0.2) is 22.6 Å². The summed E-state index contributed by atoms with van der Waals surface area (Å²) in [5.74, 6) is -0.432. The Bertz CT molecular complexity index is 1920. The number of hydrogen-bond donors (Lipinski definition) is 3. The molecule has 0 aliphatic carbocycles. The third kappa shape index (κ3) is 6.14. The lowest BCUT2D eigenvalue weighted by Gasteiger charge is -2.32. The number of carboxylic acid groups (broad SMARTS) is 1. The van der Waals surface area contributed by atoms with Crippen molar-refractivity contribution in [3.05, 3.63) is 83.8 Å². The number of amides is 2. The molecule has 0 unspecified atom stereocenters. The van der Waals surface area contributed by atoms with Crippen molar-refractivity contribution in [2.24, 2.45) is 0 Å². The molecule has 46 heavy (non-hydrogen) atoms. The minimum atomic E-state index is -3.83. The molecule has 1 fully saturated rings. The van der Waals surface area contributed by atoms with Crippen LogP contribution in [-0.2, 0) is 14.6 Å². The van der Waals surface area contributed by atoms with Crippen LogP contribution in [0.15, 0.2) is 71.8 Å². The number of anilines is 3. The fourth-order valence-corrected chi connectivity index (χ4v) is 7.04. The van der Waals surface area contributed by atoms with Crippen molar-refractivity contribution in [3.63, 3.8) is 0 Å². The molecule has 13 heteroatoms. The summed E-state index contributed by atoms with van der Waals surface area (Å²) < 4.78 is 47.9. The number of nitrogens with two attached hydrogens (primary N) is 1. The summed E-state index contributed by atoms with van der Waals surface area (Å²) >= 11 is 0. The number of methoxy groups -OCH3 is 1. The molecule has 2 amide bonds. The fraction of sp³-hybridized carbons (Fsp3) is 0.303. The monoisotopic (exact) mass is 649 g/mol. The summed E-state index contributed by atoms with van der Waals surface area (Å²) in [5, 5.41) is 13.5. The van der Waals surface area contributed by atoms with Crippen molar-refractivity contribution >= 4 is 49.8 Å². The lowest BCUT2D eigenvalue weighted by atomic mass is 10.00. The number of aromatic nitrogens is 1. The Morgan fingerprint density at radius 1 is 1.13 bits per heavy atom. The summed E-state index contributed by atoms with van der Waals surface area (Å²) in [4.78, 5) is 33.0. The molecule has 1 aliphatic heterocycles. The SMILES string of the molecule is COc1ccc(F)c([C@H](Nc2ccc3c(N)nccc3c2)C(=O)N2CCC[C@@H]2c2cc(N(C)C(=O)O)ccc2S(=O)(=O)C(C)C)c1. The summed E-state index contributed by atoms with van der Waals surface area (Å²) in [6.07, 6.45) is 1.31.